The number of hydrogen-bond acceptors (Lipinski definition) is 3. The van der Waals surface area contributed by atoms with Crippen LogP contribution >= 0.6 is 15.9 Å². The first-order valence-corrected chi connectivity index (χ1v) is 6.28. The lowest BCUT2D eigenvalue weighted by molar-refractivity contribution is -0.137. The van der Waals surface area contributed by atoms with Gasteiger partial charge in [0, 0.05) is 23.1 Å². The molecule has 0 saturated heterocycles. The van der Waals surface area contributed by atoms with Crippen molar-refractivity contribution in [2.45, 2.75) is 6.18 Å². The number of H-pyrrole nitrogens is 1. The molecule has 2 rings (SSSR count). The fourth-order valence-corrected chi connectivity index (χ4v) is 1.84. The van der Waals surface area contributed by atoms with Gasteiger partial charge in [0.25, 0.3) is 11.5 Å². The summed E-state index contributed by atoms with van der Waals surface area (Å²) in [5.74, 6) is -0.742. The molecule has 0 unspecified atom stereocenters. The van der Waals surface area contributed by atoms with Gasteiger partial charge in [-0.25, -0.2) is 0 Å². The van der Waals surface area contributed by atoms with Gasteiger partial charge in [0.2, 0.25) is 0 Å². The maximum atomic E-state index is 12.6. The molecule has 5 nitrogen and oxygen atoms in total. The topological polar surface area (TPSA) is 74.8 Å². The second kappa shape index (κ2) is 5.68. The molecule has 2 aromatic heterocycles. The van der Waals surface area contributed by atoms with Crippen LogP contribution in [0.1, 0.15) is 15.9 Å². The van der Waals surface area contributed by atoms with Gasteiger partial charge in [0.1, 0.15) is 5.69 Å². The predicted molar refractivity (Wildman–Crippen MR) is 72.0 cm³/mol. The van der Waals surface area contributed by atoms with Crippen molar-refractivity contribution < 1.29 is 18.0 Å². The molecule has 2 heterocycles. The Kier molecular flexibility index (Phi) is 4.12. The second-order valence-corrected chi connectivity index (χ2v) is 4.89. The molecule has 0 aliphatic rings. The Hall–Kier alpha value is -2.16. The van der Waals surface area contributed by atoms with Gasteiger partial charge in [-0.1, -0.05) is 0 Å². The number of nitrogens with zero attached hydrogens (tertiary/aromatic N) is 1. The fraction of sp³-hybridized carbons (Fsp3) is 0.0833. The Morgan fingerprint density at radius 1 is 1.29 bits per heavy atom. The molecule has 0 saturated carbocycles. The van der Waals surface area contributed by atoms with Gasteiger partial charge in [0.05, 0.1) is 11.1 Å². The summed E-state index contributed by atoms with van der Waals surface area (Å²) in [6, 6.07) is 1.99. The maximum absolute atomic E-state index is 12.6. The lowest BCUT2D eigenvalue weighted by Gasteiger charge is -2.09. The lowest BCUT2D eigenvalue weighted by Crippen LogP contribution is -2.21. The standard InChI is InChI=1S/C12H7BrF3N3O2/c13-8-1-6(3-17-5-8)10(20)19-9-2-7(12(14,15)16)4-18-11(9)21/h1-5H,(H,18,21)(H,19,20). The molecular formula is C12H7BrF3N3O2. The van der Waals surface area contributed by atoms with E-state index >= 15 is 0 Å². The zero-order valence-electron chi connectivity index (χ0n) is 10.2. The quantitative estimate of drug-likeness (QED) is 0.863. The average Bonchev–Trinajstić information content (AvgIpc) is 2.40. The molecule has 2 N–H and O–H groups in total. The minimum atomic E-state index is -4.62. The van der Waals surface area contributed by atoms with E-state index < -0.39 is 28.9 Å². The Balaban J connectivity index is 2.31. The molecule has 0 spiro atoms. The summed E-state index contributed by atoms with van der Waals surface area (Å²) >= 11 is 3.11. The first-order chi connectivity index (χ1) is 9.77. The van der Waals surface area contributed by atoms with Crippen molar-refractivity contribution in [3.8, 4) is 0 Å². The van der Waals surface area contributed by atoms with E-state index in [0.29, 0.717) is 16.7 Å². The number of amides is 1. The Morgan fingerprint density at radius 2 is 2.00 bits per heavy atom. The molecule has 0 aromatic carbocycles. The first kappa shape index (κ1) is 15.2. The van der Waals surface area contributed by atoms with Crippen LogP contribution in [0.25, 0.3) is 0 Å². The molecule has 0 aliphatic carbocycles. The van der Waals surface area contributed by atoms with E-state index in [4.69, 9.17) is 0 Å². The zero-order chi connectivity index (χ0) is 15.6. The molecule has 0 bridgehead atoms. The highest BCUT2D eigenvalue weighted by molar-refractivity contribution is 9.10. The number of nitrogens with one attached hydrogen (secondary N) is 2. The highest BCUT2D eigenvalue weighted by Crippen LogP contribution is 2.29. The molecule has 0 aliphatic heterocycles. The van der Waals surface area contributed by atoms with Gasteiger partial charge in [-0.15, -0.1) is 0 Å². The molecule has 2 aromatic rings. The molecule has 9 heteroatoms. The number of alkyl halides is 3. The molecule has 1 amide bonds. The number of carbonyl (C=O) groups is 1. The van der Waals surface area contributed by atoms with Crippen molar-refractivity contribution >= 4 is 27.5 Å². The number of halogens is 4. The third kappa shape index (κ3) is 3.69. The number of hydrogen-bond donors (Lipinski definition) is 2. The van der Waals surface area contributed by atoms with Crippen LogP contribution in [0.2, 0.25) is 0 Å². The van der Waals surface area contributed by atoms with Gasteiger partial charge in [0.15, 0.2) is 0 Å². The SMILES string of the molecule is O=C(Nc1cc(C(F)(F)F)c[nH]c1=O)c1cncc(Br)c1. The van der Waals surface area contributed by atoms with E-state index in [1.54, 1.807) is 0 Å². The van der Waals surface area contributed by atoms with Crippen LogP contribution in [0.5, 0.6) is 0 Å². The zero-order valence-corrected chi connectivity index (χ0v) is 11.7. The summed E-state index contributed by atoms with van der Waals surface area (Å²) in [4.78, 5) is 29.0. The minimum Gasteiger partial charge on any atom is -0.327 e. The number of anilines is 1. The van der Waals surface area contributed by atoms with E-state index in [1.807, 2.05) is 4.98 Å². The molecule has 21 heavy (non-hydrogen) atoms. The van der Waals surface area contributed by atoms with Gasteiger partial charge in [-0.2, -0.15) is 13.2 Å². The monoisotopic (exact) mass is 361 g/mol. The van der Waals surface area contributed by atoms with Crippen LogP contribution < -0.4 is 10.9 Å². The molecule has 0 atom stereocenters. The van der Waals surface area contributed by atoms with E-state index in [1.165, 1.54) is 18.5 Å². The average molecular weight is 362 g/mol. The van der Waals surface area contributed by atoms with Gasteiger partial charge >= 0.3 is 6.18 Å². The number of pyridine rings is 2. The van der Waals surface area contributed by atoms with Crippen LogP contribution in [0.4, 0.5) is 18.9 Å². The second-order valence-electron chi connectivity index (χ2n) is 3.97. The van der Waals surface area contributed by atoms with Gasteiger partial charge in [-0.05, 0) is 28.1 Å². The molecule has 0 radical (unpaired) electrons. The summed E-state index contributed by atoms with van der Waals surface area (Å²) in [5.41, 5.74) is -2.29. The predicted octanol–water partition coefficient (Wildman–Crippen LogP) is 2.80. The van der Waals surface area contributed by atoms with Crippen molar-refractivity contribution in [3.05, 3.63) is 56.7 Å². The highest BCUT2D eigenvalue weighted by Gasteiger charge is 2.31. The normalized spacial score (nSPS) is 11.2. The van der Waals surface area contributed by atoms with Crippen LogP contribution in [0.15, 0.2) is 40.0 Å². The third-order valence-electron chi connectivity index (χ3n) is 2.45. The first-order valence-electron chi connectivity index (χ1n) is 5.49. The molecule has 110 valence electrons. The molecule has 0 fully saturated rings. The van der Waals surface area contributed by atoms with Gasteiger partial charge in [-0.3, -0.25) is 14.6 Å². The summed E-state index contributed by atoms with van der Waals surface area (Å²) in [5, 5.41) is 2.12. The highest BCUT2D eigenvalue weighted by atomic mass is 79.9. The van der Waals surface area contributed by atoms with Crippen molar-refractivity contribution in [2.75, 3.05) is 5.32 Å². The number of rotatable bonds is 2. The lowest BCUT2D eigenvalue weighted by atomic mass is 10.2. The number of aromatic amines is 1. The van der Waals surface area contributed by atoms with Crippen molar-refractivity contribution in [2.24, 2.45) is 0 Å². The maximum Gasteiger partial charge on any atom is 0.417 e. The minimum absolute atomic E-state index is 0.0983. The van der Waals surface area contributed by atoms with Crippen LogP contribution in [0.3, 0.4) is 0 Å². The Labute approximate surface area is 124 Å². The van der Waals surface area contributed by atoms with E-state index in [2.05, 4.69) is 26.2 Å². The van der Waals surface area contributed by atoms with Crippen molar-refractivity contribution in [1.82, 2.24) is 9.97 Å². The number of carbonyl (C=O) groups excluding carboxylic acids is 1. The van der Waals surface area contributed by atoms with Crippen LogP contribution in [-0.2, 0) is 6.18 Å². The van der Waals surface area contributed by atoms with E-state index in [0.717, 1.165) is 0 Å². The summed E-state index contributed by atoms with van der Waals surface area (Å²) in [6.07, 6.45) is -1.42. The van der Waals surface area contributed by atoms with Crippen molar-refractivity contribution in [1.29, 1.82) is 0 Å². The van der Waals surface area contributed by atoms with E-state index in [-0.39, 0.29) is 5.56 Å². The Morgan fingerprint density at radius 3 is 2.62 bits per heavy atom. The fourth-order valence-electron chi connectivity index (χ4n) is 1.47. The smallest absolute Gasteiger partial charge is 0.327 e. The largest absolute Gasteiger partial charge is 0.417 e. The summed E-state index contributed by atoms with van der Waals surface area (Å²) < 4.78 is 38.2. The van der Waals surface area contributed by atoms with E-state index in [9.17, 15) is 22.8 Å². The van der Waals surface area contributed by atoms with Gasteiger partial charge < -0.3 is 10.3 Å². The van der Waals surface area contributed by atoms with Crippen LogP contribution in [0, 0.1) is 0 Å². The Bertz CT molecular complexity index is 743. The number of aromatic nitrogens is 2. The summed E-state index contributed by atoms with van der Waals surface area (Å²) in [6.45, 7) is 0. The summed E-state index contributed by atoms with van der Waals surface area (Å²) in [7, 11) is 0. The van der Waals surface area contributed by atoms with Crippen molar-refractivity contribution in [3.63, 3.8) is 0 Å². The van der Waals surface area contributed by atoms with Crippen LogP contribution in [-0.4, -0.2) is 15.9 Å². The third-order valence-corrected chi connectivity index (χ3v) is 2.88. The molecular weight excluding hydrogens is 355 g/mol.